The number of thiophene rings is 1. The molecule has 1 aromatic carbocycles. The molecule has 3 heterocycles. The van der Waals surface area contributed by atoms with Gasteiger partial charge in [0.2, 0.25) is 0 Å². The van der Waals surface area contributed by atoms with Gasteiger partial charge in [0, 0.05) is 11.9 Å². The Balaban J connectivity index is 1.49. The first-order valence-corrected chi connectivity index (χ1v) is 10.9. The number of rotatable bonds is 4. The highest BCUT2D eigenvalue weighted by molar-refractivity contribution is 7.26. The van der Waals surface area contributed by atoms with Gasteiger partial charge in [-0.25, -0.2) is 15.0 Å². The molecule has 0 atom stereocenters. The molecule has 5 rings (SSSR count). The van der Waals surface area contributed by atoms with Crippen molar-refractivity contribution in [2.24, 2.45) is 0 Å². The molecule has 4 aromatic rings. The molecule has 29 heavy (non-hydrogen) atoms. The number of fused-ring (bicyclic) bond motifs is 3. The van der Waals surface area contributed by atoms with Crippen LogP contribution in [0.1, 0.15) is 41.6 Å². The van der Waals surface area contributed by atoms with Gasteiger partial charge in [-0.1, -0.05) is 35.9 Å². The summed E-state index contributed by atoms with van der Waals surface area (Å²) in [4.78, 5) is 14.6. The van der Waals surface area contributed by atoms with E-state index < -0.39 is 5.60 Å². The zero-order valence-corrected chi connectivity index (χ0v) is 17.9. The number of hydrogen-bond donors (Lipinski definition) is 2. The van der Waals surface area contributed by atoms with Crippen molar-refractivity contribution in [2.45, 2.75) is 45.3 Å². The summed E-state index contributed by atoms with van der Waals surface area (Å²) in [5, 5.41) is 15.8. The summed E-state index contributed by atoms with van der Waals surface area (Å²) in [6, 6.07) is 8.18. The van der Waals surface area contributed by atoms with E-state index in [4.69, 9.17) is 11.6 Å². The van der Waals surface area contributed by atoms with E-state index in [9.17, 15) is 5.11 Å². The van der Waals surface area contributed by atoms with Gasteiger partial charge in [0.25, 0.3) is 0 Å². The molecule has 1 saturated carbocycles. The molecule has 0 aliphatic heterocycles. The highest BCUT2D eigenvalue weighted by atomic mass is 35.5. The molecule has 5 nitrogen and oxygen atoms in total. The molecule has 0 radical (unpaired) electrons. The number of nitrogens with zero attached hydrogens (tertiary/aromatic N) is 3. The van der Waals surface area contributed by atoms with E-state index in [1.54, 1.807) is 17.7 Å². The van der Waals surface area contributed by atoms with Crippen LogP contribution in [0.25, 0.3) is 20.4 Å². The predicted molar refractivity (Wildman–Crippen MR) is 119 cm³/mol. The van der Waals surface area contributed by atoms with Crippen LogP contribution in [0.5, 0.6) is 0 Å². The van der Waals surface area contributed by atoms with Gasteiger partial charge in [-0.3, -0.25) is 0 Å². The number of halogens is 1. The van der Waals surface area contributed by atoms with E-state index in [1.165, 1.54) is 0 Å². The molecule has 1 aliphatic carbocycles. The van der Waals surface area contributed by atoms with Crippen LogP contribution < -0.4 is 5.32 Å². The highest BCUT2D eigenvalue weighted by Crippen LogP contribution is 2.41. The van der Waals surface area contributed by atoms with Crippen LogP contribution in [-0.4, -0.2) is 20.1 Å². The first kappa shape index (κ1) is 18.7. The van der Waals surface area contributed by atoms with E-state index in [0.29, 0.717) is 11.6 Å². The molecule has 148 valence electrons. The normalized spacial score (nSPS) is 15.6. The Labute approximate surface area is 177 Å². The van der Waals surface area contributed by atoms with Crippen molar-refractivity contribution in [1.29, 1.82) is 0 Å². The maximum atomic E-state index is 10.6. The lowest BCUT2D eigenvalue weighted by Gasteiger charge is -2.37. The zero-order chi connectivity index (χ0) is 20.2. The third-order valence-electron chi connectivity index (χ3n) is 5.85. The Morgan fingerprint density at radius 2 is 2.07 bits per heavy atom. The number of anilines is 1. The molecule has 0 saturated heterocycles. The van der Waals surface area contributed by atoms with Crippen molar-refractivity contribution in [3.05, 3.63) is 58.0 Å². The number of pyridine rings is 1. The van der Waals surface area contributed by atoms with E-state index in [2.05, 4.69) is 32.4 Å². The van der Waals surface area contributed by atoms with Crippen LogP contribution >= 0.6 is 22.9 Å². The van der Waals surface area contributed by atoms with Gasteiger partial charge in [0.15, 0.2) is 0 Å². The smallest absolute Gasteiger partial charge is 0.147 e. The van der Waals surface area contributed by atoms with E-state index in [0.717, 1.165) is 67.9 Å². The summed E-state index contributed by atoms with van der Waals surface area (Å²) in [6.45, 7) is 4.56. The Kier molecular flexibility index (Phi) is 4.46. The largest absolute Gasteiger partial charge is 0.385 e. The fraction of sp³-hybridized carbons (Fsp3) is 0.318. The molecule has 1 fully saturated rings. The third kappa shape index (κ3) is 3.06. The minimum absolute atomic E-state index is 0.622. The summed E-state index contributed by atoms with van der Waals surface area (Å²) in [7, 11) is 0. The molecule has 3 aromatic heterocycles. The maximum absolute atomic E-state index is 10.6. The molecular formula is C22H21ClN4OS. The van der Waals surface area contributed by atoms with Crippen LogP contribution in [0, 0.1) is 13.8 Å². The number of aliphatic hydroxyl groups is 1. The monoisotopic (exact) mass is 424 g/mol. The van der Waals surface area contributed by atoms with Crippen molar-refractivity contribution >= 4 is 49.2 Å². The molecule has 1 aliphatic rings. The Morgan fingerprint density at radius 1 is 1.24 bits per heavy atom. The average molecular weight is 425 g/mol. The quantitative estimate of drug-likeness (QED) is 0.453. The topological polar surface area (TPSA) is 70.9 Å². The van der Waals surface area contributed by atoms with E-state index >= 15 is 0 Å². The average Bonchev–Trinajstić information content (AvgIpc) is 3.07. The fourth-order valence-corrected chi connectivity index (χ4v) is 5.32. The van der Waals surface area contributed by atoms with Crippen LogP contribution in [0.4, 0.5) is 5.82 Å². The Hall–Kier alpha value is -2.28. The first-order valence-electron chi connectivity index (χ1n) is 9.72. The Bertz CT molecular complexity index is 1250. The highest BCUT2D eigenvalue weighted by Gasteiger charge is 2.36. The molecule has 7 heteroatoms. The van der Waals surface area contributed by atoms with Gasteiger partial charge in [-0.05, 0) is 49.8 Å². The van der Waals surface area contributed by atoms with Crippen molar-refractivity contribution in [2.75, 3.05) is 5.32 Å². The third-order valence-corrected chi connectivity index (χ3v) is 7.49. The predicted octanol–water partition coefficient (Wildman–Crippen LogP) is 5.49. The fourth-order valence-electron chi connectivity index (χ4n) is 3.98. The number of aryl methyl sites for hydroxylation is 2. The lowest BCUT2D eigenvalue weighted by molar-refractivity contribution is -0.0388. The van der Waals surface area contributed by atoms with Crippen molar-refractivity contribution in [3.63, 3.8) is 0 Å². The number of hydrogen-bond acceptors (Lipinski definition) is 6. The molecule has 0 spiro atoms. The van der Waals surface area contributed by atoms with Crippen LogP contribution in [-0.2, 0) is 12.1 Å². The molecule has 0 unspecified atom stereocenters. The Morgan fingerprint density at radius 3 is 2.83 bits per heavy atom. The molecule has 2 N–H and O–H groups in total. The second kappa shape index (κ2) is 6.90. The minimum atomic E-state index is -0.649. The summed E-state index contributed by atoms with van der Waals surface area (Å²) < 4.78 is 0.980. The van der Waals surface area contributed by atoms with Crippen molar-refractivity contribution in [3.8, 4) is 0 Å². The van der Waals surface area contributed by atoms with Gasteiger partial charge in [0.1, 0.15) is 17.0 Å². The molecule has 0 amide bonds. The van der Waals surface area contributed by atoms with E-state index in [1.807, 2.05) is 26.0 Å². The van der Waals surface area contributed by atoms with E-state index in [-0.39, 0.29) is 0 Å². The summed E-state index contributed by atoms with van der Waals surface area (Å²) in [5.74, 6) is 0.791. The number of nitrogens with one attached hydrogen (secondary N) is 1. The summed E-state index contributed by atoms with van der Waals surface area (Å²) in [6.07, 6.45) is 4.34. The van der Waals surface area contributed by atoms with Gasteiger partial charge in [-0.2, -0.15) is 0 Å². The lowest BCUT2D eigenvalue weighted by Crippen LogP contribution is -2.33. The van der Waals surface area contributed by atoms with Gasteiger partial charge in [-0.15, -0.1) is 11.3 Å². The second-order valence-electron chi connectivity index (χ2n) is 7.76. The lowest BCUT2D eigenvalue weighted by atomic mass is 9.75. The van der Waals surface area contributed by atoms with Crippen LogP contribution in [0.3, 0.4) is 0 Å². The minimum Gasteiger partial charge on any atom is -0.385 e. The first-order chi connectivity index (χ1) is 14.0. The van der Waals surface area contributed by atoms with Gasteiger partial charge in [0.05, 0.1) is 26.5 Å². The standard InChI is InChI=1S/C22H21ClN4OS/c1-12-16-18-19(29-21(16)27-13(2)17(12)23)20(26-11-25-18)24-10-14-5-3-6-15(9-14)22(28)7-4-8-22/h3,5-6,9,11,28H,4,7-8,10H2,1-2H3,(H,24,25,26). The molecular weight excluding hydrogens is 404 g/mol. The maximum Gasteiger partial charge on any atom is 0.147 e. The number of aromatic nitrogens is 3. The van der Waals surface area contributed by atoms with Crippen molar-refractivity contribution in [1.82, 2.24) is 15.0 Å². The van der Waals surface area contributed by atoms with Crippen LogP contribution in [0.2, 0.25) is 5.02 Å². The van der Waals surface area contributed by atoms with Gasteiger partial charge >= 0.3 is 0 Å². The number of benzene rings is 1. The van der Waals surface area contributed by atoms with Crippen molar-refractivity contribution < 1.29 is 5.11 Å². The SMILES string of the molecule is Cc1nc2sc3c(NCc4cccc(C5(O)CCC5)c4)ncnc3c2c(C)c1Cl. The zero-order valence-electron chi connectivity index (χ0n) is 16.3. The van der Waals surface area contributed by atoms with Crippen LogP contribution in [0.15, 0.2) is 30.6 Å². The second-order valence-corrected chi connectivity index (χ2v) is 9.13. The van der Waals surface area contributed by atoms with Gasteiger partial charge < -0.3 is 10.4 Å². The summed E-state index contributed by atoms with van der Waals surface area (Å²) in [5.41, 5.74) is 4.19. The summed E-state index contributed by atoms with van der Waals surface area (Å²) >= 11 is 8.01. The molecule has 0 bridgehead atoms.